The molecule has 0 radical (unpaired) electrons. The zero-order chi connectivity index (χ0) is 14.3. The first-order chi connectivity index (χ1) is 9.07. The van der Waals surface area contributed by atoms with Gasteiger partial charge in [-0.1, -0.05) is 32.3 Å². The summed E-state index contributed by atoms with van der Waals surface area (Å²) in [5.74, 6) is -0.449. The number of nitrogens with zero attached hydrogens (tertiary/aromatic N) is 1. The lowest BCUT2D eigenvalue weighted by Crippen LogP contribution is -2.25. The van der Waals surface area contributed by atoms with Crippen LogP contribution in [0.2, 0.25) is 0 Å². The Bertz CT molecular complexity index is 460. The van der Waals surface area contributed by atoms with Crippen molar-refractivity contribution in [3.63, 3.8) is 0 Å². The van der Waals surface area contributed by atoms with Gasteiger partial charge in [-0.25, -0.2) is 0 Å². The van der Waals surface area contributed by atoms with E-state index in [0.717, 1.165) is 25.7 Å². The van der Waals surface area contributed by atoms with E-state index in [9.17, 15) is 14.9 Å². The zero-order valence-corrected chi connectivity index (χ0v) is 11.0. The number of nitro benzene ring substituents is 1. The maximum absolute atomic E-state index is 11.9. The van der Waals surface area contributed by atoms with Crippen molar-refractivity contribution in [3.8, 4) is 0 Å². The summed E-state index contributed by atoms with van der Waals surface area (Å²) in [6, 6.07) is 4.36. The van der Waals surface area contributed by atoms with Gasteiger partial charge in [0.15, 0.2) is 0 Å². The number of rotatable bonds is 7. The Morgan fingerprint density at radius 2 is 2.11 bits per heavy atom. The minimum absolute atomic E-state index is 0.00336. The third kappa shape index (κ3) is 4.24. The number of anilines is 1. The van der Waals surface area contributed by atoms with Crippen LogP contribution in [0.4, 0.5) is 11.4 Å². The summed E-state index contributed by atoms with van der Waals surface area (Å²) < 4.78 is 0. The molecule has 0 fully saturated rings. The van der Waals surface area contributed by atoms with Gasteiger partial charge in [-0.05, 0) is 18.6 Å². The minimum atomic E-state index is -0.624. The fourth-order valence-electron chi connectivity index (χ4n) is 1.80. The smallest absolute Gasteiger partial charge is 0.304 e. The summed E-state index contributed by atoms with van der Waals surface area (Å²) in [4.78, 5) is 22.2. The molecular formula is C13H19N3O3. The predicted octanol–water partition coefficient (Wildman–Crippen LogP) is 2.49. The molecular weight excluding hydrogens is 246 g/mol. The number of nitro groups is 1. The van der Waals surface area contributed by atoms with E-state index in [2.05, 4.69) is 12.2 Å². The highest BCUT2D eigenvalue weighted by molar-refractivity contribution is 6.00. The van der Waals surface area contributed by atoms with Gasteiger partial charge in [0.25, 0.3) is 5.91 Å². The van der Waals surface area contributed by atoms with E-state index in [4.69, 9.17) is 5.73 Å². The largest absolute Gasteiger partial charge is 0.393 e. The number of nitrogens with one attached hydrogen (secondary N) is 1. The summed E-state index contributed by atoms with van der Waals surface area (Å²) in [7, 11) is 0. The average molecular weight is 265 g/mol. The molecule has 1 aromatic rings. The molecule has 0 aromatic heterocycles. The van der Waals surface area contributed by atoms with E-state index >= 15 is 0 Å². The van der Waals surface area contributed by atoms with Crippen LogP contribution in [0.3, 0.4) is 0 Å². The number of hydrogen-bond donors (Lipinski definition) is 2. The van der Waals surface area contributed by atoms with Crippen molar-refractivity contribution in [1.29, 1.82) is 0 Å². The van der Waals surface area contributed by atoms with Crippen LogP contribution in [0.25, 0.3) is 0 Å². The molecule has 0 bridgehead atoms. The fourth-order valence-corrected chi connectivity index (χ4v) is 1.80. The highest BCUT2D eigenvalue weighted by atomic mass is 16.6. The third-order valence-corrected chi connectivity index (χ3v) is 2.81. The first kappa shape index (κ1) is 14.9. The summed E-state index contributed by atoms with van der Waals surface area (Å²) in [6.45, 7) is 2.62. The standard InChI is InChI=1S/C13H19N3O3/c1-2-3-4-5-9-15-13(17)10-7-6-8-11(14)12(10)16(18)19/h6-8H,2-5,9,14H2,1H3,(H,15,17). The van der Waals surface area contributed by atoms with Gasteiger partial charge in [0.1, 0.15) is 11.3 Å². The molecule has 104 valence electrons. The number of carbonyl (C=O) groups excluding carboxylic acids is 1. The van der Waals surface area contributed by atoms with E-state index in [1.54, 1.807) is 0 Å². The molecule has 1 rings (SSSR count). The Kier molecular flexibility index (Phi) is 5.78. The Morgan fingerprint density at radius 3 is 2.74 bits per heavy atom. The number of carbonyl (C=O) groups is 1. The lowest BCUT2D eigenvalue weighted by molar-refractivity contribution is -0.384. The fraction of sp³-hybridized carbons (Fsp3) is 0.462. The maximum atomic E-state index is 11.9. The van der Waals surface area contributed by atoms with Gasteiger partial charge >= 0.3 is 5.69 Å². The number of hydrogen-bond acceptors (Lipinski definition) is 4. The van der Waals surface area contributed by atoms with Crippen LogP contribution >= 0.6 is 0 Å². The zero-order valence-electron chi connectivity index (χ0n) is 11.0. The van der Waals surface area contributed by atoms with Gasteiger partial charge < -0.3 is 11.1 Å². The molecule has 0 heterocycles. The van der Waals surface area contributed by atoms with Crippen LogP contribution in [0.5, 0.6) is 0 Å². The Hall–Kier alpha value is -2.11. The van der Waals surface area contributed by atoms with Crippen molar-refractivity contribution in [2.75, 3.05) is 12.3 Å². The van der Waals surface area contributed by atoms with Crippen molar-refractivity contribution < 1.29 is 9.72 Å². The molecule has 0 spiro atoms. The van der Waals surface area contributed by atoms with Gasteiger partial charge in [0.2, 0.25) is 0 Å². The van der Waals surface area contributed by atoms with E-state index in [1.165, 1.54) is 18.2 Å². The molecule has 0 aliphatic carbocycles. The van der Waals surface area contributed by atoms with Crippen LogP contribution in [0.15, 0.2) is 18.2 Å². The van der Waals surface area contributed by atoms with Gasteiger partial charge in [-0.3, -0.25) is 14.9 Å². The van der Waals surface area contributed by atoms with Gasteiger partial charge in [-0.2, -0.15) is 0 Å². The van der Waals surface area contributed by atoms with E-state index < -0.39 is 10.8 Å². The van der Waals surface area contributed by atoms with Crippen molar-refractivity contribution in [2.24, 2.45) is 0 Å². The lowest BCUT2D eigenvalue weighted by atomic mass is 10.1. The Morgan fingerprint density at radius 1 is 1.37 bits per heavy atom. The van der Waals surface area contributed by atoms with Crippen LogP contribution in [0, 0.1) is 10.1 Å². The third-order valence-electron chi connectivity index (χ3n) is 2.81. The second-order valence-corrected chi connectivity index (χ2v) is 4.32. The summed E-state index contributed by atoms with van der Waals surface area (Å²) in [5.41, 5.74) is 5.23. The first-order valence-electron chi connectivity index (χ1n) is 6.39. The molecule has 6 nitrogen and oxygen atoms in total. The predicted molar refractivity (Wildman–Crippen MR) is 74.0 cm³/mol. The minimum Gasteiger partial charge on any atom is -0.393 e. The van der Waals surface area contributed by atoms with E-state index in [1.807, 2.05) is 0 Å². The molecule has 0 saturated carbocycles. The topological polar surface area (TPSA) is 98.3 Å². The average Bonchev–Trinajstić information content (AvgIpc) is 2.37. The summed E-state index contributed by atoms with van der Waals surface area (Å²) in [6.07, 6.45) is 4.15. The Balaban J connectivity index is 2.67. The van der Waals surface area contributed by atoms with Crippen LogP contribution in [-0.4, -0.2) is 17.4 Å². The molecule has 1 amide bonds. The van der Waals surface area contributed by atoms with Crippen LogP contribution < -0.4 is 11.1 Å². The number of para-hydroxylation sites is 1. The van der Waals surface area contributed by atoms with E-state index in [-0.39, 0.29) is 16.9 Å². The molecule has 0 atom stereocenters. The summed E-state index contributed by atoms with van der Waals surface area (Å²) in [5, 5.41) is 13.6. The highest BCUT2D eigenvalue weighted by Crippen LogP contribution is 2.25. The number of unbranched alkanes of at least 4 members (excludes halogenated alkanes) is 3. The molecule has 0 unspecified atom stereocenters. The maximum Gasteiger partial charge on any atom is 0.304 e. The van der Waals surface area contributed by atoms with Gasteiger partial charge in [0, 0.05) is 6.54 Å². The second kappa shape index (κ2) is 7.35. The Labute approximate surface area is 112 Å². The molecule has 0 aliphatic rings. The van der Waals surface area contributed by atoms with Gasteiger partial charge in [-0.15, -0.1) is 0 Å². The first-order valence-corrected chi connectivity index (χ1v) is 6.39. The second-order valence-electron chi connectivity index (χ2n) is 4.32. The monoisotopic (exact) mass is 265 g/mol. The number of amides is 1. The molecule has 6 heteroatoms. The van der Waals surface area contributed by atoms with Crippen LogP contribution in [0.1, 0.15) is 43.0 Å². The normalized spacial score (nSPS) is 10.2. The summed E-state index contributed by atoms with van der Waals surface area (Å²) >= 11 is 0. The van der Waals surface area contributed by atoms with Crippen molar-refractivity contribution in [3.05, 3.63) is 33.9 Å². The molecule has 19 heavy (non-hydrogen) atoms. The quantitative estimate of drug-likeness (QED) is 0.342. The van der Waals surface area contributed by atoms with Gasteiger partial charge in [0.05, 0.1) is 4.92 Å². The highest BCUT2D eigenvalue weighted by Gasteiger charge is 2.22. The van der Waals surface area contributed by atoms with Crippen molar-refractivity contribution in [2.45, 2.75) is 32.6 Å². The van der Waals surface area contributed by atoms with Crippen LogP contribution in [-0.2, 0) is 0 Å². The van der Waals surface area contributed by atoms with E-state index in [0.29, 0.717) is 6.54 Å². The molecule has 3 N–H and O–H groups in total. The SMILES string of the molecule is CCCCCCNC(=O)c1cccc(N)c1[N+](=O)[O-]. The molecule has 0 saturated heterocycles. The number of nitrogens with two attached hydrogens (primary N) is 1. The molecule has 0 aliphatic heterocycles. The van der Waals surface area contributed by atoms with Crippen molar-refractivity contribution in [1.82, 2.24) is 5.32 Å². The number of benzene rings is 1. The van der Waals surface area contributed by atoms with Crippen molar-refractivity contribution >= 4 is 17.3 Å². The molecule has 1 aromatic carbocycles. The number of nitrogen functional groups attached to an aromatic ring is 1. The lowest BCUT2D eigenvalue weighted by Gasteiger charge is -2.06.